The molecule has 1 unspecified atom stereocenters. The monoisotopic (exact) mass is 327 g/mol. The van der Waals surface area contributed by atoms with Gasteiger partial charge >= 0.3 is 0 Å². The van der Waals surface area contributed by atoms with E-state index in [4.69, 9.17) is 0 Å². The van der Waals surface area contributed by atoms with Gasteiger partial charge in [0.1, 0.15) is 11.9 Å². The lowest BCUT2D eigenvalue weighted by Gasteiger charge is -2.34. The van der Waals surface area contributed by atoms with E-state index in [0.29, 0.717) is 24.2 Å². The van der Waals surface area contributed by atoms with E-state index in [1.165, 1.54) is 30.5 Å². The molecule has 1 atom stereocenters. The van der Waals surface area contributed by atoms with Crippen LogP contribution in [0.4, 0.5) is 10.1 Å². The van der Waals surface area contributed by atoms with Crippen LogP contribution in [0.1, 0.15) is 29.6 Å². The summed E-state index contributed by atoms with van der Waals surface area (Å²) in [5.74, 6) is -0.806. The van der Waals surface area contributed by atoms with Gasteiger partial charge in [-0.3, -0.25) is 14.6 Å². The molecule has 0 aliphatic carbocycles. The molecule has 0 saturated carbocycles. The normalized spacial score (nSPS) is 17.4. The second-order valence-electron chi connectivity index (χ2n) is 5.75. The number of nitrogens with zero attached hydrogens (tertiary/aromatic N) is 2. The summed E-state index contributed by atoms with van der Waals surface area (Å²) in [7, 11) is 0. The number of halogens is 1. The summed E-state index contributed by atoms with van der Waals surface area (Å²) < 4.78 is 13.0. The fourth-order valence-corrected chi connectivity index (χ4v) is 2.86. The van der Waals surface area contributed by atoms with Gasteiger partial charge in [0.25, 0.3) is 5.91 Å². The highest BCUT2D eigenvalue weighted by Crippen LogP contribution is 2.21. The molecule has 1 fully saturated rings. The highest BCUT2D eigenvalue weighted by Gasteiger charge is 2.32. The van der Waals surface area contributed by atoms with Gasteiger partial charge in [-0.25, -0.2) is 4.39 Å². The number of pyridine rings is 1. The second kappa shape index (κ2) is 7.21. The maximum atomic E-state index is 13.0. The fourth-order valence-electron chi connectivity index (χ4n) is 2.86. The molecule has 124 valence electrons. The number of piperidine rings is 1. The minimum absolute atomic E-state index is 0.193. The average molecular weight is 327 g/mol. The number of nitrogens with one attached hydrogen (secondary N) is 1. The van der Waals surface area contributed by atoms with Gasteiger partial charge in [-0.05, 0) is 55.7 Å². The van der Waals surface area contributed by atoms with Crippen LogP contribution in [0.2, 0.25) is 0 Å². The van der Waals surface area contributed by atoms with E-state index < -0.39 is 6.04 Å². The standard InChI is InChI=1S/C18H18FN3O2/c19-14-6-8-15(9-7-14)21-17(23)16-5-1-2-11-22(16)18(24)13-4-3-10-20-12-13/h3-4,6-10,12,16H,1-2,5,11H2,(H,21,23). The van der Waals surface area contributed by atoms with Crippen molar-refractivity contribution >= 4 is 17.5 Å². The van der Waals surface area contributed by atoms with Gasteiger partial charge in [0.2, 0.25) is 5.91 Å². The summed E-state index contributed by atoms with van der Waals surface area (Å²) in [6, 6.07) is 8.44. The molecule has 2 amide bonds. The van der Waals surface area contributed by atoms with Crippen molar-refractivity contribution in [1.82, 2.24) is 9.88 Å². The molecule has 1 aromatic heterocycles. The lowest BCUT2D eigenvalue weighted by molar-refractivity contribution is -0.121. The van der Waals surface area contributed by atoms with E-state index in [-0.39, 0.29) is 17.6 Å². The molecule has 2 aromatic rings. The van der Waals surface area contributed by atoms with Gasteiger partial charge < -0.3 is 10.2 Å². The van der Waals surface area contributed by atoms with Crippen molar-refractivity contribution in [3.05, 3.63) is 60.2 Å². The Balaban J connectivity index is 1.75. The molecule has 2 heterocycles. The molecule has 6 heteroatoms. The number of carbonyl (C=O) groups excluding carboxylic acids is 2. The lowest BCUT2D eigenvalue weighted by atomic mass is 10.00. The number of hydrogen-bond donors (Lipinski definition) is 1. The number of hydrogen-bond acceptors (Lipinski definition) is 3. The molecule has 24 heavy (non-hydrogen) atoms. The van der Waals surface area contributed by atoms with Crippen LogP contribution in [-0.2, 0) is 4.79 Å². The summed E-state index contributed by atoms with van der Waals surface area (Å²) >= 11 is 0. The Kier molecular flexibility index (Phi) is 4.84. The molecule has 1 aliphatic heterocycles. The molecule has 1 aromatic carbocycles. The van der Waals surface area contributed by atoms with Gasteiger partial charge in [0.15, 0.2) is 0 Å². The van der Waals surface area contributed by atoms with Gasteiger partial charge in [-0.1, -0.05) is 0 Å². The van der Waals surface area contributed by atoms with Crippen LogP contribution in [0.15, 0.2) is 48.8 Å². The molecule has 0 bridgehead atoms. The minimum atomic E-state index is -0.531. The molecular weight excluding hydrogens is 309 g/mol. The van der Waals surface area contributed by atoms with Gasteiger partial charge in [0, 0.05) is 24.6 Å². The number of carbonyl (C=O) groups is 2. The number of benzene rings is 1. The zero-order valence-electron chi connectivity index (χ0n) is 13.1. The first kappa shape index (κ1) is 16.1. The molecule has 0 radical (unpaired) electrons. The maximum absolute atomic E-state index is 13.0. The van der Waals surface area contributed by atoms with E-state index in [0.717, 1.165) is 12.8 Å². The third-order valence-corrected chi connectivity index (χ3v) is 4.09. The SMILES string of the molecule is O=C(Nc1ccc(F)cc1)C1CCCCN1C(=O)c1cccnc1. The second-order valence-corrected chi connectivity index (χ2v) is 5.75. The Morgan fingerprint density at radius 2 is 1.96 bits per heavy atom. The lowest BCUT2D eigenvalue weighted by Crippen LogP contribution is -2.50. The molecular formula is C18H18FN3O2. The number of rotatable bonds is 3. The zero-order valence-corrected chi connectivity index (χ0v) is 13.1. The Bertz CT molecular complexity index is 719. The quantitative estimate of drug-likeness (QED) is 0.943. The third kappa shape index (κ3) is 3.59. The molecule has 0 spiro atoms. The van der Waals surface area contributed by atoms with Gasteiger partial charge in [-0.2, -0.15) is 0 Å². The van der Waals surface area contributed by atoms with Crippen LogP contribution in [0.5, 0.6) is 0 Å². The van der Waals surface area contributed by atoms with E-state index >= 15 is 0 Å². The summed E-state index contributed by atoms with van der Waals surface area (Å²) in [6.07, 6.45) is 5.47. The highest BCUT2D eigenvalue weighted by molar-refractivity contribution is 6.01. The average Bonchev–Trinajstić information content (AvgIpc) is 2.63. The minimum Gasteiger partial charge on any atom is -0.327 e. The summed E-state index contributed by atoms with van der Waals surface area (Å²) in [4.78, 5) is 30.8. The first-order valence-corrected chi connectivity index (χ1v) is 7.92. The Hall–Kier alpha value is -2.76. The van der Waals surface area contributed by atoms with Crippen LogP contribution in [0.3, 0.4) is 0 Å². The number of aromatic nitrogens is 1. The van der Waals surface area contributed by atoms with Crippen molar-refractivity contribution in [3.8, 4) is 0 Å². The number of likely N-dealkylation sites (tertiary alicyclic amines) is 1. The Morgan fingerprint density at radius 3 is 2.67 bits per heavy atom. The van der Waals surface area contributed by atoms with E-state index in [1.807, 2.05) is 0 Å². The van der Waals surface area contributed by atoms with Crippen LogP contribution in [0.25, 0.3) is 0 Å². The smallest absolute Gasteiger partial charge is 0.256 e. The van der Waals surface area contributed by atoms with Crippen LogP contribution < -0.4 is 5.32 Å². The molecule has 1 aliphatic rings. The number of anilines is 1. The summed E-state index contributed by atoms with van der Waals surface area (Å²) in [5, 5.41) is 2.76. The van der Waals surface area contributed by atoms with Crippen LogP contribution in [0, 0.1) is 5.82 Å². The fraction of sp³-hybridized carbons (Fsp3) is 0.278. The van der Waals surface area contributed by atoms with E-state index in [2.05, 4.69) is 10.3 Å². The van der Waals surface area contributed by atoms with Crippen molar-refractivity contribution in [1.29, 1.82) is 0 Å². The summed E-state index contributed by atoms with van der Waals surface area (Å²) in [5.41, 5.74) is 0.986. The van der Waals surface area contributed by atoms with E-state index in [1.54, 1.807) is 23.2 Å². The first-order valence-electron chi connectivity index (χ1n) is 7.92. The summed E-state index contributed by atoms with van der Waals surface area (Å²) in [6.45, 7) is 0.537. The van der Waals surface area contributed by atoms with Crippen molar-refractivity contribution in [2.75, 3.05) is 11.9 Å². The van der Waals surface area contributed by atoms with Crippen LogP contribution >= 0.6 is 0 Å². The van der Waals surface area contributed by atoms with Gasteiger partial charge in [0.05, 0.1) is 5.56 Å². The first-order chi connectivity index (χ1) is 11.6. The van der Waals surface area contributed by atoms with Crippen molar-refractivity contribution < 1.29 is 14.0 Å². The van der Waals surface area contributed by atoms with Crippen molar-refractivity contribution in [3.63, 3.8) is 0 Å². The Labute approximate surface area is 139 Å². The van der Waals surface area contributed by atoms with Gasteiger partial charge in [-0.15, -0.1) is 0 Å². The van der Waals surface area contributed by atoms with E-state index in [9.17, 15) is 14.0 Å². The van der Waals surface area contributed by atoms with Crippen molar-refractivity contribution in [2.24, 2.45) is 0 Å². The number of amides is 2. The topological polar surface area (TPSA) is 62.3 Å². The van der Waals surface area contributed by atoms with Crippen LogP contribution in [-0.4, -0.2) is 34.3 Å². The third-order valence-electron chi connectivity index (χ3n) is 4.09. The highest BCUT2D eigenvalue weighted by atomic mass is 19.1. The van der Waals surface area contributed by atoms with Crippen molar-refractivity contribution in [2.45, 2.75) is 25.3 Å². The predicted molar refractivity (Wildman–Crippen MR) is 87.9 cm³/mol. The largest absolute Gasteiger partial charge is 0.327 e. The maximum Gasteiger partial charge on any atom is 0.256 e. The Morgan fingerprint density at radius 1 is 1.17 bits per heavy atom. The molecule has 1 saturated heterocycles. The molecule has 5 nitrogen and oxygen atoms in total. The predicted octanol–water partition coefficient (Wildman–Crippen LogP) is 2.85. The molecule has 1 N–H and O–H groups in total. The molecule has 3 rings (SSSR count). The zero-order chi connectivity index (χ0) is 16.9.